The van der Waals surface area contributed by atoms with E-state index in [1.54, 1.807) is 49.4 Å². The van der Waals surface area contributed by atoms with Crippen molar-refractivity contribution in [3.63, 3.8) is 0 Å². The van der Waals surface area contributed by atoms with Gasteiger partial charge in [0.25, 0.3) is 5.91 Å². The maximum atomic E-state index is 12.4. The first-order valence-corrected chi connectivity index (χ1v) is 7.91. The van der Waals surface area contributed by atoms with Gasteiger partial charge in [-0.3, -0.25) is 4.79 Å². The Morgan fingerprint density at radius 2 is 2.04 bits per heavy atom. The second-order valence-corrected chi connectivity index (χ2v) is 5.74. The number of carbonyl (C=O) groups excluding carboxylic acids is 1. The number of benzene rings is 2. The number of para-hydroxylation sites is 1. The Morgan fingerprint density at radius 3 is 2.73 bits per heavy atom. The minimum absolute atomic E-state index is 0.157. The van der Waals surface area contributed by atoms with E-state index < -0.39 is 18.5 Å². The number of nitriles is 1. The van der Waals surface area contributed by atoms with Crippen LogP contribution >= 0.6 is 11.6 Å². The highest BCUT2D eigenvalue weighted by Gasteiger charge is 2.13. The van der Waals surface area contributed by atoms with Crippen LogP contribution in [0.5, 0.6) is 5.75 Å². The van der Waals surface area contributed by atoms with E-state index >= 15 is 0 Å². The summed E-state index contributed by atoms with van der Waals surface area (Å²) in [6.45, 7) is 1.28. The van der Waals surface area contributed by atoms with Crippen LogP contribution in [0, 0.1) is 18.3 Å². The number of hydrogen-bond donors (Lipinski definition) is 2. The van der Waals surface area contributed by atoms with E-state index in [0.717, 1.165) is 5.56 Å². The normalized spacial score (nSPS) is 10.7. The zero-order valence-corrected chi connectivity index (χ0v) is 14.6. The molecule has 2 N–H and O–H groups in total. The Balaban J connectivity index is 2.27. The number of carboxylic acids is 1. The SMILES string of the molecule is Cc1ccc(Cl)cc1NC(=O)/C(C#N)=C/c1ccccc1OCC(=O)O. The summed E-state index contributed by atoms with van der Waals surface area (Å²) in [6.07, 6.45) is 1.34. The third kappa shape index (κ3) is 5.10. The van der Waals surface area contributed by atoms with E-state index in [1.165, 1.54) is 6.08 Å². The van der Waals surface area contributed by atoms with Crippen LogP contribution in [0.3, 0.4) is 0 Å². The van der Waals surface area contributed by atoms with Gasteiger partial charge in [-0.1, -0.05) is 35.9 Å². The molecule has 1 amide bonds. The van der Waals surface area contributed by atoms with Gasteiger partial charge >= 0.3 is 5.97 Å². The van der Waals surface area contributed by atoms with Gasteiger partial charge in [-0.15, -0.1) is 0 Å². The van der Waals surface area contributed by atoms with Crippen molar-refractivity contribution < 1.29 is 19.4 Å². The Labute approximate surface area is 155 Å². The zero-order valence-electron chi connectivity index (χ0n) is 13.8. The molecule has 7 heteroatoms. The molecule has 0 aliphatic carbocycles. The number of carboxylic acid groups (broad SMARTS) is 1. The van der Waals surface area contributed by atoms with Crippen molar-refractivity contribution in [3.8, 4) is 11.8 Å². The van der Waals surface area contributed by atoms with E-state index in [9.17, 15) is 14.9 Å². The fraction of sp³-hybridized carbons (Fsp3) is 0.105. The van der Waals surface area contributed by atoms with E-state index in [4.69, 9.17) is 21.4 Å². The smallest absolute Gasteiger partial charge is 0.341 e. The molecule has 0 unspecified atom stereocenters. The van der Waals surface area contributed by atoms with Gasteiger partial charge in [0.2, 0.25) is 0 Å². The fourth-order valence-electron chi connectivity index (χ4n) is 2.09. The van der Waals surface area contributed by atoms with E-state index in [2.05, 4.69) is 5.32 Å². The van der Waals surface area contributed by atoms with Gasteiger partial charge in [0.15, 0.2) is 6.61 Å². The number of anilines is 1. The quantitative estimate of drug-likeness (QED) is 0.597. The molecule has 26 heavy (non-hydrogen) atoms. The number of carbonyl (C=O) groups is 2. The maximum absolute atomic E-state index is 12.4. The molecule has 0 aromatic heterocycles. The van der Waals surface area contributed by atoms with Gasteiger partial charge in [0, 0.05) is 16.3 Å². The first-order valence-electron chi connectivity index (χ1n) is 7.53. The number of ether oxygens (including phenoxy) is 1. The van der Waals surface area contributed by atoms with E-state index in [-0.39, 0.29) is 11.3 Å². The van der Waals surface area contributed by atoms with Crippen LogP contribution in [-0.4, -0.2) is 23.6 Å². The summed E-state index contributed by atoms with van der Waals surface area (Å²) < 4.78 is 5.17. The topological polar surface area (TPSA) is 99.4 Å². The Bertz CT molecular complexity index is 916. The molecular formula is C19H15ClN2O4. The molecule has 0 saturated carbocycles. The van der Waals surface area contributed by atoms with Crippen LogP contribution in [0.4, 0.5) is 5.69 Å². The van der Waals surface area contributed by atoms with Gasteiger partial charge in [-0.2, -0.15) is 5.26 Å². The van der Waals surface area contributed by atoms with Crippen molar-refractivity contribution in [1.29, 1.82) is 5.26 Å². The lowest BCUT2D eigenvalue weighted by Gasteiger charge is -2.09. The third-order valence-corrected chi connectivity index (χ3v) is 3.62. The summed E-state index contributed by atoms with van der Waals surface area (Å²) in [4.78, 5) is 23.1. The van der Waals surface area contributed by atoms with Gasteiger partial charge < -0.3 is 15.2 Å². The summed E-state index contributed by atoms with van der Waals surface area (Å²) >= 11 is 5.93. The summed E-state index contributed by atoms with van der Waals surface area (Å²) in [5, 5.41) is 21.2. The predicted molar refractivity (Wildman–Crippen MR) is 98.0 cm³/mol. The predicted octanol–water partition coefficient (Wildman–Crippen LogP) is 3.66. The summed E-state index contributed by atoms with van der Waals surface area (Å²) in [6, 6.07) is 13.4. The third-order valence-electron chi connectivity index (χ3n) is 3.38. The van der Waals surface area contributed by atoms with Crippen molar-refractivity contribution in [2.45, 2.75) is 6.92 Å². The number of nitrogens with one attached hydrogen (secondary N) is 1. The molecule has 0 bridgehead atoms. The number of aryl methyl sites for hydroxylation is 1. The van der Waals surface area contributed by atoms with Crippen molar-refractivity contribution in [2.24, 2.45) is 0 Å². The molecule has 0 spiro atoms. The van der Waals surface area contributed by atoms with Crippen LogP contribution in [0.15, 0.2) is 48.0 Å². The van der Waals surface area contributed by atoms with Gasteiger partial charge in [-0.25, -0.2) is 4.79 Å². The summed E-state index contributed by atoms with van der Waals surface area (Å²) in [5.41, 5.74) is 1.56. The average molecular weight is 371 g/mol. The minimum atomic E-state index is -1.13. The van der Waals surface area contributed by atoms with Crippen LogP contribution in [0.2, 0.25) is 5.02 Å². The largest absolute Gasteiger partial charge is 0.481 e. The lowest BCUT2D eigenvalue weighted by molar-refractivity contribution is -0.139. The highest BCUT2D eigenvalue weighted by Crippen LogP contribution is 2.23. The number of halogens is 1. The number of amides is 1. The molecule has 0 heterocycles. The second-order valence-electron chi connectivity index (χ2n) is 5.30. The zero-order chi connectivity index (χ0) is 19.1. The highest BCUT2D eigenvalue weighted by atomic mass is 35.5. The monoisotopic (exact) mass is 370 g/mol. The second kappa shape index (κ2) is 8.70. The van der Waals surface area contributed by atoms with Crippen LogP contribution in [-0.2, 0) is 9.59 Å². The molecule has 0 saturated heterocycles. The first-order chi connectivity index (χ1) is 12.4. The van der Waals surface area contributed by atoms with Crippen LogP contribution < -0.4 is 10.1 Å². The lowest BCUT2D eigenvalue weighted by Crippen LogP contribution is -2.14. The molecule has 6 nitrogen and oxygen atoms in total. The number of rotatable bonds is 6. The van der Waals surface area contributed by atoms with E-state index in [1.807, 2.05) is 6.07 Å². The lowest BCUT2D eigenvalue weighted by atomic mass is 10.1. The van der Waals surface area contributed by atoms with Gasteiger partial charge in [0.05, 0.1) is 0 Å². The number of hydrogen-bond acceptors (Lipinski definition) is 4. The Morgan fingerprint density at radius 1 is 1.31 bits per heavy atom. The fourth-order valence-corrected chi connectivity index (χ4v) is 2.27. The standard InChI is InChI=1S/C19H15ClN2O4/c1-12-6-7-15(20)9-16(12)22-19(25)14(10-21)8-13-4-2-3-5-17(13)26-11-18(23)24/h2-9H,11H2,1H3,(H,22,25)(H,23,24)/b14-8+. The molecule has 0 fully saturated rings. The molecular weight excluding hydrogens is 356 g/mol. The number of aliphatic carboxylic acids is 1. The summed E-state index contributed by atoms with van der Waals surface area (Å²) in [5.74, 6) is -1.47. The molecule has 0 aliphatic rings. The highest BCUT2D eigenvalue weighted by molar-refractivity contribution is 6.31. The van der Waals surface area contributed by atoms with E-state index in [0.29, 0.717) is 16.3 Å². The maximum Gasteiger partial charge on any atom is 0.341 e. The molecule has 0 radical (unpaired) electrons. The molecule has 132 valence electrons. The Hall–Kier alpha value is -3.30. The molecule has 0 aliphatic heterocycles. The average Bonchev–Trinajstić information content (AvgIpc) is 2.61. The van der Waals surface area contributed by atoms with Crippen molar-refractivity contribution in [2.75, 3.05) is 11.9 Å². The molecule has 2 aromatic rings. The molecule has 2 rings (SSSR count). The van der Waals surface area contributed by atoms with Crippen molar-refractivity contribution in [3.05, 3.63) is 64.2 Å². The van der Waals surface area contributed by atoms with Crippen molar-refractivity contribution in [1.82, 2.24) is 0 Å². The first kappa shape index (κ1) is 19.0. The minimum Gasteiger partial charge on any atom is -0.481 e. The number of nitrogens with zero attached hydrogens (tertiary/aromatic N) is 1. The van der Waals surface area contributed by atoms with Gasteiger partial charge in [0.1, 0.15) is 17.4 Å². The van der Waals surface area contributed by atoms with Gasteiger partial charge in [-0.05, 0) is 36.8 Å². The molecule has 0 atom stereocenters. The summed E-state index contributed by atoms with van der Waals surface area (Å²) in [7, 11) is 0. The Kier molecular flexibility index (Phi) is 6.36. The van der Waals surface area contributed by atoms with Crippen LogP contribution in [0.25, 0.3) is 6.08 Å². The molecule has 2 aromatic carbocycles. The van der Waals surface area contributed by atoms with Crippen molar-refractivity contribution >= 4 is 35.2 Å². The van der Waals surface area contributed by atoms with Crippen LogP contribution in [0.1, 0.15) is 11.1 Å².